The number of carboxylic acid groups (broad SMARTS) is 1. The Bertz CT molecular complexity index is 627. The smallest absolute Gasteiger partial charge is 0.313 e. The summed E-state index contributed by atoms with van der Waals surface area (Å²) in [5.74, 6) is -0.371. The summed E-state index contributed by atoms with van der Waals surface area (Å²) >= 11 is 7.21. The van der Waals surface area contributed by atoms with E-state index in [-0.39, 0.29) is 5.75 Å². The Morgan fingerprint density at radius 1 is 1.53 bits per heavy atom. The van der Waals surface area contributed by atoms with Crippen LogP contribution >= 0.6 is 23.4 Å². The van der Waals surface area contributed by atoms with Crippen LogP contribution in [0, 0.1) is 6.92 Å². The van der Waals surface area contributed by atoms with Crippen LogP contribution in [-0.4, -0.2) is 31.6 Å². The molecule has 100 valence electrons. The van der Waals surface area contributed by atoms with E-state index in [0.29, 0.717) is 16.0 Å². The van der Waals surface area contributed by atoms with Crippen LogP contribution in [0.25, 0.3) is 11.4 Å². The number of nitrogens with zero attached hydrogens (tertiary/aromatic N) is 3. The molecule has 0 atom stereocenters. The Kier molecular flexibility index (Phi) is 4.11. The monoisotopic (exact) mass is 297 g/mol. The summed E-state index contributed by atoms with van der Waals surface area (Å²) in [6.07, 6.45) is 0. The molecule has 0 bridgehead atoms. The number of halogens is 1. The van der Waals surface area contributed by atoms with Crippen LogP contribution in [0.15, 0.2) is 23.4 Å². The van der Waals surface area contributed by atoms with E-state index >= 15 is 0 Å². The summed E-state index contributed by atoms with van der Waals surface area (Å²) < 4.78 is 1.57. The number of hydrogen-bond acceptors (Lipinski definition) is 4. The van der Waals surface area contributed by atoms with Crippen molar-refractivity contribution in [1.29, 1.82) is 0 Å². The van der Waals surface area contributed by atoms with E-state index in [4.69, 9.17) is 16.7 Å². The summed E-state index contributed by atoms with van der Waals surface area (Å²) in [6, 6.07) is 5.54. The molecule has 19 heavy (non-hydrogen) atoms. The SMILES string of the molecule is Cc1c(Cl)cccc1-c1nc(SCC(=O)O)n(C)n1. The van der Waals surface area contributed by atoms with Crippen molar-refractivity contribution in [2.45, 2.75) is 12.1 Å². The van der Waals surface area contributed by atoms with Crippen molar-refractivity contribution < 1.29 is 9.90 Å². The Hall–Kier alpha value is -1.53. The van der Waals surface area contributed by atoms with Gasteiger partial charge in [-0.3, -0.25) is 4.79 Å². The molecule has 0 aliphatic carbocycles. The summed E-state index contributed by atoms with van der Waals surface area (Å²) in [5.41, 5.74) is 1.76. The average Bonchev–Trinajstić information content (AvgIpc) is 2.71. The van der Waals surface area contributed by atoms with Crippen molar-refractivity contribution in [3.8, 4) is 11.4 Å². The number of aromatic nitrogens is 3. The fourth-order valence-electron chi connectivity index (χ4n) is 1.59. The highest BCUT2D eigenvalue weighted by molar-refractivity contribution is 7.99. The summed E-state index contributed by atoms with van der Waals surface area (Å²) in [5, 5.41) is 14.2. The number of hydrogen-bond donors (Lipinski definition) is 1. The zero-order valence-electron chi connectivity index (χ0n) is 10.4. The predicted octanol–water partition coefficient (Wildman–Crippen LogP) is 2.62. The van der Waals surface area contributed by atoms with Crippen LogP contribution in [0.3, 0.4) is 0 Å². The number of aryl methyl sites for hydroxylation is 1. The first kappa shape index (κ1) is 13.9. The lowest BCUT2D eigenvalue weighted by atomic mass is 10.1. The molecule has 1 aromatic heterocycles. The molecule has 0 radical (unpaired) electrons. The number of aliphatic carboxylic acids is 1. The van der Waals surface area contributed by atoms with E-state index in [2.05, 4.69) is 10.1 Å². The minimum atomic E-state index is -0.881. The van der Waals surface area contributed by atoms with E-state index < -0.39 is 5.97 Å². The molecule has 5 nitrogen and oxygen atoms in total. The van der Waals surface area contributed by atoms with Gasteiger partial charge in [-0.05, 0) is 18.6 Å². The first-order chi connectivity index (χ1) is 8.99. The molecule has 0 amide bonds. The third kappa shape index (κ3) is 3.08. The van der Waals surface area contributed by atoms with Crippen molar-refractivity contribution >= 4 is 29.3 Å². The highest BCUT2D eigenvalue weighted by Gasteiger charge is 2.13. The van der Waals surface area contributed by atoms with Crippen LogP contribution in [-0.2, 0) is 11.8 Å². The minimum Gasteiger partial charge on any atom is -0.481 e. The van der Waals surface area contributed by atoms with Gasteiger partial charge in [0.1, 0.15) is 0 Å². The van der Waals surface area contributed by atoms with Gasteiger partial charge in [0.05, 0.1) is 5.75 Å². The van der Waals surface area contributed by atoms with E-state index in [9.17, 15) is 4.79 Å². The molecule has 0 saturated carbocycles. The zero-order valence-corrected chi connectivity index (χ0v) is 12.0. The molecular formula is C12H12ClN3O2S. The van der Waals surface area contributed by atoms with Crippen molar-refractivity contribution in [3.63, 3.8) is 0 Å². The molecule has 0 saturated heterocycles. The molecule has 7 heteroatoms. The molecule has 2 rings (SSSR count). The third-order valence-electron chi connectivity index (χ3n) is 2.56. The maximum absolute atomic E-state index is 10.6. The zero-order chi connectivity index (χ0) is 14.0. The molecule has 0 spiro atoms. The van der Waals surface area contributed by atoms with Gasteiger partial charge >= 0.3 is 5.97 Å². The van der Waals surface area contributed by atoms with E-state index in [1.807, 2.05) is 25.1 Å². The lowest BCUT2D eigenvalue weighted by molar-refractivity contribution is -0.133. The number of benzene rings is 1. The van der Waals surface area contributed by atoms with Gasteiger partial charge in [0.2, 0.25) is 0 Å². The molecule has 1 heterocycles. The topological polar surface area (TPSA) is 68.0 Å². The largest absolute Gasteiger partial charge is 0.481 e. The standard InChI is InChI=1S/C12H12ClN3O2S/c1-7-8(4-3-5-9(7)13)11-14-12(16(2)15-11)19-6-10(17)18/h3-5H,6H2,1-2H3,(H,17,18). The number of thioether (sulfide) groups is 1. The molecule has 0 unspecified atom stereocenters. The molecule has 2 aromatic rings. The Balaban J connectivity index is 2.34. The second-order valence-corrected chi connectivity index (χ2v) is 5.29. The Labute approximate surface area is 119 Å². The third-order valence-corrected chi connectivity index (χ3v) is 3.97. The van der Waals surface area contributed by atoms with Crippen LogP contribution in [0.1, 0.15) is 5.56 Å². The van der Waals surface area contributed by atoms with Gasteiger partial charge in [-0.1, -0.05) is 35.5 Å². The predicted molar refractivity (Wildman–Crippen MR) is 74.5 cm³/mol. The average molecular weight is 298 g/mol. The fourth-order valence-corrected chi connectivity index (χ4v) is 2.39. The second-order valence-electron chi connectivity index (χ2n) is 3.94. The molecule has 1 aromatic carbocycles. The first-order valence-electron chi connectivity index (χ1n) is 5.50. The summed E-state index contributed by atoms with van der Waals surface area (Å²) in [6.45, 7) is 1.90. The number of carboxylic acids is 1. The Morgan fingerprint density at radius 3 is 2.95 bits per heavy atom. The van der Waals surface area contributed by atoms with Crippen molar-refractivity contribution in [2.75, 3.05) is 5.75 Å². The van der Waals surface area contributed by atoms with Crippen LogP contribution in [0.2, 0.25) is 5.02 Å². The maximum atomic E-state index is 10.6. The van der Waals surface area contributed by atoms with Gasteiger partial charge in [-0.2, -0.15) is 5.10 Å². The van der Waals surface area contributed by atoms with Crippen molar-refractivity contribution in [1.82, 2.24) is 14.8 Å². The van der Waals surface area contributed by atoms with E-state index in [1.165, 1.54) is 0 Å². The lowest BCUT2D eigenvalue weighted by Crippen LogP contribution is -2.00. The van der Waals surface area contributed by atoms with Gasteiger partial charge in [0.25, 0.3) is 0 Å². The molecule has 1 N–H and O–H groups in total. The normalized spacial score (nSPS) is 10.7. The highest BCUT2D eigenvalue weighted by atomic mass is 35.5. The quantitative estimate of drug-likeness (QED) is 0.879. The number of rotatable bonds is 4. The highest BCUT2D eigenvalue weighted by Crippen LogP contribution is 2.27. The van der Waals surface area contributed by atoms with Crippen LogP contribution in [0.5, 0.6) is 0 Å². The summed E-state index contributed by atoms with van der Waals surface area (Å²) in [4.78, 5) is 14.9. The van der Waals surface area contributed by atoms with Gasteiger partial charge in [-0.25, -0.2) is 9.67 Å². The summed E-state index contributed by atoms with van der Waals surface area (Å²) in [7, 11) is 1.74. The second kappa shape index (κ2) is 5.63. The van der Waals surface area contributed by atoms with Gasteiger partial charge < -0.3 is 5.11 Å². The van der Waals surface area contributed by atoms with E-state index in [0.717, 1.165) is 22.9 Å². The van der Waals surface area contributed by atoms with Gasteiger partial charge in [0.15, 0.2) is 11.0 Å². The minimum absolute atomic E-state index is 0.0412. The van der Waals surface area contributed by atoms with Gasteiger partial charge in [0, 0.05) is 17.6 Å². The molecule has 0 aliphatic rings. The van der Waals surface area contributed by atoms with Gasteiger partial charge in [-0.15, -0.1) is 0 Å². The molecule has 0 aliphatic heterocycles. The van der Waals surface area contributed by atoms with Crippen LogP contribution in [0.4, 0.5) is 0 Å². The van der Waals surface area contributed by atoms with Crippen LogP contribution < -0.4 is 0 Å². The first-order valence-corrected chi connectivity index (χ1v) is 6.86. The number of carbonyl (C=O) groups is 1. The maximum Gasteiger partial charge on any atom is 0.313 e. The molecule has 0 fully saturated rings. The van der Waals surface area contributed by atoms with Crippen molar-refractivity contribution in [3.05, 3.63) is 28.8 Å². The lowest BCUT2D eigenvalue weighted by Gasteiger charge is -2.02. The van der Waals surface area contributed by atoms with E-state index in [1.54, 1.807) is 11.7 Å². The molecular weight excluding hydrogens is 286 g/mol. The Morgan fingerprint density at radius 2 is 2.26 bits per heavy atom. The fraction of sp³-hybridized carbons (Fsp3) is 0.250. The van der Waals surface area contributed by atoms with Crippen molar-refractivity contribution in [2.24, 2.45) is 7.05 Å².